The van der Waals surface area contributed by atoms with Crippen molar-refractivity contribution in [2.75, 3.05) is 6.54 Å². The van der Waals surface area contributed by atoms with Gasteiger partial charge in [0.05, 0.1) is 5.52 Å². The Morgan fingerprint density at radius 2 is 2.00 bits per heavy atom. The molecule has 1 aliphatic heterocycles. The summed E-state index contributed by atoms with van der Waals surface area (Å²) in [4.78, 5) is 3.00. The van der Waals surface area contributed by atoms with Gasteiger partial charge in [0.2, 0.25) is 0 Å². The molecule has 1 aliphatic rings. The lowest BCUT2D eigenvalue weighted by molar-refractivity contribution is 0.538. The summed E-state index contributed by atoms with van der Waals surface area (Å²) in [5.74, 6) is -0.748. The number of hydrogen-bond acceptors (Lipinski definition) is 1. The smallest absolute Gasteiger partial charge is 0.147 e. The molecule has 2 heterocycles. The van der Waals surface area contributed by atoms with Gasteiger partial charge in [0.25, 0.3) is 0 Å². The standard InChI is InChI=1S/C12H12F2N2/c1-6-10-9(4-5-15-6)16-12-8(14)3-2-7(13)11(10)12/h2-3,6,15-16H,4-5H2,1H3. The summed E-state index contributed by atoms with van der Waals surface area (Å²) >= 11 is 0. The molecule has 0 spiro atoms. The fourth-order valence-electron chi connectivity index (χ4n) is 2.50. The lowest BCUT2D eigenvalue weighted by atomic mass is 9.99. The Labute approximate surface area is 91.7 Å². The van der Waals surface area contributed by atoms with Crippen LogP contribution in [0.5, 0.6) is 0 Å². The highest BCUT2D eigenvalue weighted by Gasteiger charge is 2.24. The first kappa shape index (κ1) is 9.78. The van der Waals surface area contributed by atoms with E-state index in [2.05, 4.69) is 10.3 Å². The zero-order valence-electron chi connectivity index (χ0n) is 8.90. The molecule has 0 saturated heterocycles. The molecule has 1 unspecified atom stereocenters. The maximum atomic E-state index is 13.7. The van der Waals surface area contributed by atoms with Crippen molar-refractivity contribution in [1.82, 2.24) is 10.3 Å². The number of aromatic nitrogens is 1. The van der Waals surface area contributed by atoms with Crippen molar-refractivity contribution in [2.45, 2.75) is 19.4 Å². The van der Waals surface area contributed by atoms with Crippen molar-refractivity contribution < 1.29 is 8.78 Å². The molecule has 1 atom stereocenters. The topological polar surface area (TPSA) is 27.8 Å². The van der Waals surface area contributed by atoms with Gasteiger partial charge < -0.3 is 10.3 Å². The van der Waals surface area contributed by atoms with Crippen molar-refractivity contribution in [3.8, 4) is 0 Å². The molecule has 0 amide bonds. The van der Waals surface area contributed by atoms with Crippen LogP contribution in [-0.4, -0.2) is 11.5 Å². The molecule has 2 N–H and O–H groups in total. The van der Waals surface area contributed by atoms with Crippen molar-refractivity contribution in [3.63, 3.8) is 0 Å². The van der Waals surface area contributed by atoms with Crippen molar-refractivity contribution >= 4 is 10.9 Å². The minimum atomic E-state index is -0.391. The van der Waals surface area contributed by atoms with Gasteiger partial charge in [-0.1, -0.05) is 0 Å². The molecule has 0 bridgehead atoms. The Kier molecular flexibility index (Phi) is 2.01. The average molecular weight is 222 g/mol. The first-order chi connectivity index (χ1) is 7.68. The molecule has 1 aromatic heterocycles. The monoisotopic (exact) mass is 222 g/mol. The quantitative estimate of drug-likeness (QED) is 0.704. The Balaban J connectivity index is 2.42. The normalized spacial score (nSPS) is 20.1. The van der Waals surface area contributed by atoms with Gasteiger partial charge in [0, 0.05) is 35.7 Å². The molecule has 0 radical (unpaired) electrons. The van der Waals surface area contributed by atoms with Crippen LogP contribution >= 0.6 is 0 Å². The van der Waals surface area contributed by atoms with E-state index in [1.54, 1.807) is 0 Å². The van der Waals surface area contributed by atoms with E-state index in [1.807, 2.05) is 6.92 Å². The van der Waals surface area contributed by atoms with Gasteiger partial charge in [-0.3, -0.25) is 0 Å². The van der Waals surface area contributed by atoms with Crippen LogP contribution in [-0.2, 0) is 6.42 Å². The number of aromatic amines is 1. The molecule has 2 nitrogen and oxygen atoms in total. The summed E-state index contributed by atoms with van der Waals surface area (Å²) in [7, 11) is 0. The number of H-pyrrole nitrogens is 1. The number of benzene rings is 1. The summed E-state index contributed by atoms with van der Waals surface area (Å²) in [6.45, 7) is 2.81. The maximum absolute atomic E-state index is 13.7. The SMILES string of the molecule is CC1NCCc2[nH]c3c(F)ccc(F)c3c21. The average Bonchev–Trinajstić information content (AvgIpc) is 2.65. The van der Waals surface area contributed by atoms with Crippen molar-refractivity contribution in [3.05, 3.63) is 35.0 Å². The lowest BCUT2D eigenvalue weighted by Gasteiger charge is -2.20. The molecule has 0 saturated carbocycles. The second-order valence-corrected chi connectivity index (χ2v) is 4.22. The van der Waals surface area contributed by atoms with Gasteiger partial charge in [-0.25, -0.2) is 8.78 Å². The molecular weight excluding hydrogens is 210 g/mol. The molecule has 0 fully saturated rings. The molecule has 84 valence electrons. The molecule has 0 aliphatic carbocycles. The zero-order chi connectivity index (χ0) is 11.3. The Morgan fingerprint density at radius 3 is 2.81 bits per heavy atom. The van der Waals surface area contributed by atoms with Gasteiger partial charge in [0.1, 0.15) is 11.6 Å². The number of hydrogen-bond donors (Lipinski definition) is 2. The molecule has 3 rings (SSSR count). The van der Waals surface area contributed by atoms with E-state index in [-0.39, 0.29) is 11.9 Å². The van der Waals surface area contributed by atoms with Crippen LogP contribution in [0.15, 0.2) is 12.1 Å². The van der Waals surface area contributed by atoms with Crippen LogP contribution in [0.4, 0.5) is 8.78 Å². The lowest BCUT2D eigenvalue weighted by Crippen LogP contribution is -2.27. The Hall–Kier alpha value is -1.42. The highest BCUT2D eigenvalue weighted by Crippen LogP contribution is 2.33. The van der Waals surface area contributed by atoms with E-state index in [1.165, 1.54) is 6.07 Å². The fourth-order valence-corrected chi connectivity index (χ4v) is 2.50. The summed E-state index contributed by atoms with van der Waals surface area (Å²) in [6.07, 6.45) is 0.785. The van der Waals surface area contributed by atoms with Crippen LogP contribution in [0.25, 0.3) is 10.9 Å². The molecule has 4 heteroatoms. The van der Waals surface area contributed by atoms with Crippen LogP contribution in [0.2, 0.25) is 0 Å². The van der Waals surface area contributed by atoms with Crippen LogP contribution in [0.1, 0.15) is 24.2 Å². The van der Waals surface area contributed by atoms with Crippen LogP contribution in [0.3, 0.4) is 0 Å². The van der Waals surface area contributed by atoms with Crippen LogP contribution < -0.4 is 5.32 Å². The predicted octanol–water partition coefficient (Wildman–Crippen LogP) is 2.65. The highest BCUT2D eigenvalue weighted by molar-refractivity contribution is 5.86. The first-order valence-electron chi connectivity index (χ1n) is 5.40. The van der Waals surface area contributed by atoms with Crippen molar-refractivity contribution in [1.29, 1.82) is 0 Å². The third kappa shape index (κ3) is 1.19. The second-order valence-electron chi connectivity index (χ2n) is 4.22. The van der Waals surface area contributed by atoms with Crippen molar-refractivity contribution in [2.24, 2.45) is 0 Å². The largest absolute Gasteiger partial charge is 0.356 e. The third-order valence-electron chi connectivity index (χ3n) is 3.23. The minimum absolute atomic E-state index is 0.0637. The third-order valence-corrected chi connectivity index (χ3v) is 3.23. The highest BCUT2D eigenvalue weighted by atomic mass is 19.1. The zero-order valence-corrected chi connectivity index (χ0v) is 8.90. The molecule has 16 heavy (non-hydrogen) atoms. The summed E-state index contributed by atoms with van der Waals surface area (Å²) in [5, 5.41) is 3.65. The fraction of sp³-hybridized carbons (Fsp3) is 0.333. The van der Waals surface area contributed by atoms with E-state index in [4.69, 9.17) is 0 Å². The minimum Gasteiger partial charge on any atom is -0.356 e. The second kappa shape index (κ2) is 3.28. The van der Waals surface area contributed by atoms with E-state index in [9.17, 15) is 8.78 Å². The number of rotatable bonds is 0. The van der Waals surface area contributed by atoms with E-state index in [0.717, 1.165) is 30.3 Å². The number of nitrogens with one attached hydrogen (secondary N) is 2. The summed E-state index contributed by atoms with van der Waals surface area (Å²) < 4.78 is 27.3. The molecular formula is C12H12F2N2. The summed E-state index contributed by atoms with van der Waals surface area (Å²) in [5.41, 5.74) is 2.11. The number of halogens is 2. The molecule has 1 aromatic carbocycles. The summed E-state index contributed by atoms with van der Waals surface area (Å²) in [6, 6.07) is 2.42. The molecule has 2 aromatic rings. The van der Waals surface area contributed by atoms with E-state index < -0.39 is 5.82 Å². The Morgan fingerprint density at radius 1 is 1.25 bits per heavy atom. The van der Waals surface area contributed by atoms with Gasteiger partial charge in [-0.05, 0) is 19.1 Å². The van der Waals surface area contributed by atoms with Gasteiger partial charge in [-0.15, -0.1) is 0 Å². The van der Waals surface area contributed by atoms with E-state index in [0.29, 0.717) is 10.9 Å². The van der Waals surface area contributed by atoms with Crippen LogP contribution in [0, 0.1) is 11.6 Å². The van der Waals surface area contributed by atoms with Gasteiger partial charge in [-0.2, -0.15) is 0 Å². The first-order valence-corrected chi connectivity index (χ1v) is 5.40. The number of fused-ring (bicyclic) bond motifs is 3. The maximum Gasteiger partial charge on any atom is 0.147 e. The predicted molar refractivity (Wildman–Crippen MR) is 58.3 cm³/mol. The van der Waals surface area contributed by atoms with Gasteiger partial charge in [0.15, 0.2) is 0 Å². The Bertz CT molecular complexity index is 560. The van der Waals surface area contributed by atoms with Gasteiger partial charge >= 0.3 is 0 Å². The van der Waals surface area contributed by atoms with E-state index >= 15 is 0 Å².